The molecule has 0 saturated carbocycles. The van der Waals surface area contributed by atoms with Crippen LogP contribution in [0.15, 0.2) is 23.8 Å². The summed E-state index contributed by atoms with van der Waals surface area (Å²) in [5, 5.41) is 0. The van der Waals surface area contributed by atoms with Crippen LogP contribution in [0.4, 0.5) is 0 Å². The highest BCUT2D eigenvalue weighted by molar-refractivity contribution is 5.93. The number of hydrogen-bond donors (Lipinski definition) is 0. The Hall–Kier alpha value is -0.930. The number of hydrogen-bond acceptors (Lipinski definition) is 3. The Labute approximate surface area is 133 Å². The van der Waals surface area contributed by atoms with Gasteiger partial charge in [0, 0.05) is 12.3 Å². The van der Waals surface area contributed by atoms with E-state index in [0.29, 0.717) is 30.8 Å². The summed E-state index contributed by atoms with van der Waals surface area (Å²) in [4.78, 5) is 12.6. The van der Waals surface area contributed by atoms with Crippen LogP contribution in [0.1, 0.15) is 47.0 Å². The van der Waals surface area contributed by atoms with Crippen LogP contribution in [0.5, 0.6) is 0 Å². The van der Waals surface area contributed by atoms with Crippen LogP contribution in [0.2, 0.25) is 0 Å². The molecule has 0 N–H and O–H groups in total. The van der Waals surface area contributed by atoms with E-state index >= 15 is 0 Å². The lowest BCUT2D eigenvalue weighted by molar-refractivity contribution is -0.151. The van der Waals surface area contributed by atoms with Gasteiger partial charge in [0.05, 0.1) is 13.2 Å². The van der Waals surface area contributed by atoms with Gasteiger partial charge in [0.2, 0.25) is 0 Å². The van der Waals surface area contributed by atoms with Crippen molar-refractivity contribution in [2.75, 3.05) is 13.2 Å². The van der Waals surface area contributed by atoms with Gasteiger partial charge >= 0.3 is 0 Å². The minimum absolute atomic E-state index is 0.0955. The van der Waals surface area contributed by atoms with E-state index in [1.165, 1.54) is 5.57 Å². The zero-order chi connectivity index (χ0) is 16.0. The van der Waals surface area contributed by atoms with Crippen molar-refractivity contribution in [3.05, 3.63) is 23.8 Å². The maximum Gasteiger partial charge on any atom is 0.165 e. The first-order valence-electron chi connectivity index (χ1n) is 8.50. The van der Waals surface area contributed by atoms with Gasteiger partial charge in [0.25, 0.3) is 0 Å². The molecular weight excluding hydrogens is 276 g/mol. The molecule has 0 radical (unpaired) electrons. The van der Waals surface area contributed by atoms with Crippen molar-refractivity contribution in [2.24, 2.45) is 23.2 Å². The number of ether oxygens (including phenoxy) is 2. The van der Waals surface area contributed by atoms with Gasteiger partial charge in [0.15, 0.2) is 11.6 Å². The normalized spacial score (nSPS) is 36.1. The van der Waals surface area contributed by atoms with Crippen LogP contribution in [0.25, 0.3) is 0 Å². The molecule has 0 aromatic carbocycles. The molecule has 2 aliphatic carbocycles. The van der Waals surface area contributed by atoms with Crippen molar-refractivity contribution in [1.82, 2.24) is 0 Å². The monoisotopic (exact) mass is 304 g/mol. The Kier molecular flexibility index (Phi) is 4.07. The highest BCUT2D eigenvalue weighted by Crippen LogP contribution is 2.49. The number of carbonyl (C=O) groups excluding carboxylic acids is 1. The third-order valence-electron chi connectivity index (χ3n) is 5.91. The lowest BCUT2D eigenvalue weighted by Crippen LogP contribution is -2.43. The van der Waals surface area contributed by atoms with Crippen molar-refractivity contribution < 1.29 is 14.3 Å². The van der Waals surface area contributed by atoms with Gasteiger partial charge in [0.1, 0.15) is 0 Å². The van der Waals surface area contributed by atoms with Crippen LogP contribution in [-0.4, -0.2) is 24.8 Å². The second-order valence-electron chi connectivity index (χ2n) is 7.85. The highest BCUT2D eigenvalue weighted by atomic mass is 16.7. The van der Waals surface area contributed by atoms with Gasteiger partial charge in [-0.15, -0.1) is 0 Å². The standard InChI is InChI=1S/C19H28O3/c1-13-5-6-15-17(16(20)8-9-18(15,2)3)14(13)7-10-19(4)21-11-12-22-19/h5,8-9,14-15,17H,6-7,10-12H2,1-4H3/t14-,15-,17+/m1/s1. The van der Waals surface area contributed by atoms with Crippen molar-refractivity contribution in [1.29, 1.82) is 0 Å². The lowest BCUT2D eigenvalue weighted by Gasteiger charge is -2.46. The molecule has 0 aromatic heterocycles. The van der Waals surface area contributed by atoms with E-state index in [2.05, 4.69) is 32.9 Å². The summed E-state index contributed by atoms with van der Waals surface area (Å²) in [5.74, 6) is 0.697. The van der Waals surface area contributed by atoms with E-state index in [9.17, 15) is 4.79 Å². The zero-order valence-electron chi connectivity index (χ0n) is 14.2. The fourth-order valence-corrected chi connectivity index (χ4v) is 4.40. The Morgan fingerprint density at radius 3 is 2.59 bits per heavy atom. The topological polar surface area (TPSA) is 35.5 Å². The van der Waals surface area contributed by atoms with Crippen LogP contribution in [0, 0.1) is 23.2 Å². The molecule has 3 nitrogen and oxygen atoms in total. The number of rotatable bonds is 3. The average molecular weight is 304 g/mol. The van der Waals surface area contributed by atoms with E-state index in [0.717, 1.165) is 19.3 Å². The van der Waals surface area contributed by atoms with Gasteiger partial charge in [-0.2, -0.15) is 0 Å². The maximum absolute atomic E-state index is 12.6. The van der Waals surface area contributed by atoms with Crippen LogP contribution >= 0.6 is 0 Å². The van der Waals surface area contributed by atoms with E-state index in [1.54, 1.807) is 0 Å². The predicted molar refractivity (Wildman–Crippen MR) is 86.3 cm³/mol. The Balaban J connectivity index is 1.79. The first-order chi connectivity index (χ1) is 10.3. The summed E-state index contributed by atoms with van der Waals surface area (Å²) in [6.07, 6.45) is 9.09. The largest absolute Gasteiger partial charge is 0.348 e. The number of ketones is 1. The van der Waals surface area contributed by atoms with Gasteiger partial charge in [-0.3, -0.25) is 4.79 Å². The van der Waals surface area contributed by atoms with Crippen LogP contribution in [-0.2, 0) is 14.3 Å². The molecule has 1 heterocycles. The summed E-state index contributed by atoms with van der Waals surface area (Å²) in [5.41, 5.74) is 1.46. The van der Waals surface area contributed by atoms with E-state index in [-0.39, 0.29) is 11.3 Å². The quantitative estimate of drug-likeness (QED) is 0.742. The van der Waals surface area contributed by atoms with Crippen molar-refractivity contribution >= 4 is 5.78 Å². The second-order valence-corrected chi connectivity index (χ2v) is 7.85. The maximum atomic E-state index is 12.6. The molecule has 1 saturated heterocycles. The molecule has 0 unspecified atom stereocenters. The van der Waals surface area contributed by atoms with E-state index in [4.69, 9.17) is 9.47 Å². The Morgan fingerprint density at radius 2 is 1.91 bits per heavy atom. The van der Waals surface area contributed by atoms with Crippen LogP contribution < -0.4 is 0 Å². The molecule has 0 amide bonds. The third kappa shape index (κ3) is 2.81. The molecule has 3 atom stereocenters. The molecule has 3 heteroatoms. The predicted octanol–water partition coefficient (Wildman–Crippen LogP) is 3.89. The average Bonchev–Trinajstić information content (AvgIpc) is 2.89. The number of allylic oxidation sites excluding steroid dienone is 4. The molecule has 0 aromatic rings. The summed E-state index contributed by atoms with van der Waals surface area (Å²) >= 11 is 0. The molecular formula is C19H28O3. The molecule has 1 aliphatic heterocycles. The molecule has 0 spiro atoms. The molecule has 0 bridgehead atoms. The smallest absolute Gasteiger partial charge is 0.165 e. The van der Waals surface area contributed by atoms with E-state index < -0.39 is 5.79 Å². The van der Waals surface area contributed by atoms with Gasteiger partial charge in [-0.05, 0) is 50.0 Å². The fourth-order valence-electron chi connectivity index (χ4n) is 4.40. The second kappa shape index (κ2) is 5.61. The summed E-state index contributed by atoms with van der Waals surface area (Å²) in [6.45, 7) is 10.1. The summed E-state index contributed by atoms with van der Waals surface area (Å²) < 4.78 is 11.5. The van der Waals surface area contributed by atoms with Gasteiger partial charge < -0.3 is 9.47 Å². The molecule has 22 heavy (non-hydrogen) atoms. The first kappa shape index (κ1) is 15.9. The summed E-state index contributed by atoms with van der Waals surface area (Å²) in [7, 11) is 0. The van der Waals surface area contributed by atoms with E-state index in [1.807, 2.05) is 13.0 Å². The van der Waals surface area contributed by atoms with Crippen molar-refractivity contribution in [3.63, 3.8) is 0 Å². The minimum Gasteiger partial charge on any atom is -0.348 e. The molecule has 3 rings (SSSR count). The van der Waals surface area contributed by atoms with Crippen molar-refractivity contribution in [2.45, 2.75) is 52.7 Å². The van der Waals surface area contributed by atoms with Crippen molar-refractivity contribution in [3.8, 4) is 0 Å². The summed E-state index contributed by atoms with van der Waals surface area (Å²) in [6, 6.07) is 0. The SMILES string of the molecule is CC1=CC[C@@H]2[C@@H](C(=O)C=CC2(C)C)[C@@H]1CCC1(C)OCCO1. The minimum atomic E-state index is -0.462. The Morgan fingerprint density at radius 1 is 1.23 bits per heavy atom. The number of fused-ring (bicyclic) bond motifs is 1. The first-order valence-corrected chi connectivity index (χ1v) is 8.50. The fraction of sp³-hybridized carbons (Fsp3) is 0.737. The molecule has 1 fully saturated rings. The molecule has 122 valence electrons. The highest BCUT2D eigenvalue weighted by Gasteiger charge is 2.46. The Bertz CT molecular complexity index is 509. The van der Waals surface area contributed by atoms with Crippen LogP contribution in [0.3, 0.4) is 0 Å². The van der Waals surface area contributed by atoms with Gasteiger partial charge in [-0.1, -0.05) is 31.6 Å². The third-order valence-corrected chi connectivity index (χ3v) is 5.91. The number of carbonyl (C=O) groups is 1. The molecule has 3 aliphatic rings. The zero-order valence-corrected chi connectivity index (χ0v) is 14.2. The van der Waals surface area contributed by atoms with Gasteiger partial charge in [-0.25, -0.2) is 0 Å². The lowest BCUT2D eigenvalue weighted by atomic mass is 9.57.